The van der Waals surface area contributed by atoms with Gasteiger partial charge in [-0.25, -0.2) is 14.8 Å². The fourth-order valence-electron chi connectivity index (χ4n) is 3.41. The van der Waals surface area contributed by atoms with Gasteiger partial charge in [-0.2, -0.15) is 0 Å². The number of fused-ring (bicyclic) bond motifs is 1. The number of esters is 1. The lowest BCUT2D eigenvalue weighted by atomic mass is 10.2. The van der Waals surface area contributed by atoms with Gasteiger partial charge in [0.25, 0.3) is 0 Å². The van der Waals surface area contributed by atoms with Crippen LogP contribution >= 0.6 is 12.2 Å². The molecule has 0 amide bonds. The highest BCUT2D eigenvalue weighted by atomic mass is 32.1. The molecule has 3 aromatic rings. The second-order valence-electron chi connectivity index (χ2n) is 6.95. The maximum Gasteiger partial charge on any atom is 0.341 e. The third-order valence-electron chi connectivity index (χ3n) is 4.91. The van der Waals surface area contributed by atoms with E-state index in [9.17, 15) is 4.79 Å². The van der Waals surface area contributed by atoms with Crippen molar-refractivity contribution in [3.05, 3.63) is 35.7 Å². The molecule has 0 aliphatic heterocycles. The Labute approximate surface area is 173 Å². The van der Waals surface area contributed by atoms with E-state index in [1.165, 1.54) is 20.0 Å². The number of carbonyl (C=O) groups excluding carboxylic acids is 1. The van der Waals surface area contributed by atoms with Crippen LogP contribution in [0.15, 0.2) is 28.8 Å². The molecule has 0 aromatic carbocycles. The van der Waals surface area contributed by atoms with Crippen molar-refractivity contribution in [2.45, 2.75) is 38.6 Å². The maximum absolute atomic E-state index is 11.8. The van der Waals surface area contributed by atoms with Gasteiger partial charge in [0.05, 0.1) is 13.3 Å². The molecule has 0 bridgehead atoms. The molecule has 1 aliphatic carbocycles. The van der Waals surface area contributed by atoms with Crippen LogP contribution in [0.5, 0.6) is 0 Å². The number of nitrogens with one attached hydrogen (secondary N) is 2. The number of methoxy groups -OCH3 is 1. The summed E-state index contributed by atoms with van der Waals surface area (Å²) in [6.07, 6.45) is 6.33. The molecule has 0 spiro atoms. The molecule has 1 saturated carbocycles. The second-order valence-corrected chi connectivity index (χ2v) is 7.35. The number of aromatic nitrogens is 3. The van der Waals surface area contributed by atoms with E-state index < -0.39 is 5.97 Å². The van der Waals surface area contributed by atoms with Crippen LogP contribution in [0.3, 0.4) is 0 Å². The molecule has 4 rings (SSSR count). The average molecular weight is 411 g/mol. The number of pyridine rings is 1. The monoisotopic (exact) mass is 411 g/mol. The number of anilines is 1. The first-order valence-corrected chi connectivity index (χ1v) is 9.85. The molecule has 9 heteroatoms. The van der Waals surface area contributed by atoms with Gasteiger partial charge in [0, 0.05) is 12.1 Å². The fourth-order valence-corrected chi connectivity index (χ4v) is 3.69. The van der Waals surface area contributed by atoms with Crippen LogP contribution in [-0.2, 0) is 4.74 Å². The molecule has 0 saturated heterocycles. The largest absolute Gasteiger partial charge is 0.465 e. The molecule has 0 radical (unpaired) electrons. The minimum atomic E-state index is -0.459. The lowest BCUT2D eigenvalue weighted by Crippen LogP contribution is -2.36. The van der Waals surface area contributed by atoms with Crippen LogP contribution < -0.4 is 10.6 Å². The van der Waals surface area contributed by atoms with Gasteiger partial charge in [-0.05, 0) is 44.1 Å². The van der Waals surface area contributed by atoms with E-state index in [4.69, 9.17) is 21.4 Å². The third kappa shape index (κ3) is 4.19. The van der Waals surface area contributed by atoms with E-state index in [1.54, 1.807) is 19.2 Å². The van der Waals surface area contributed by atoms with Gasteiger partial charge in [0.15, 0.2) is 16.5 Å². The van der Waals surface area contributed by atoms with E-state index in [0.29, 0.717) is 50.9 Å². The Morgan fingerprint density at radius 1 is 1.28 bits per heavy atom. The molecule has 3 heterocycles. The number of nitrogens with zero attached hydrogens (tertiary/aromatic N) is 3. The predicted octanol–water partition coefficient (Wildman–Crippen LogP) is 3.61. The van der Waals surface area contributed by atoms with Gasteiger partial charge in [-0.3, -0.25) is 4.98 Å². The zero-order chi connectivity index (χ0) is 20.4. The van der Waals surface area contributed by atoms with E-state index in [1.807, 2.05) is 12.1 Å². The SMILES string of the molecule is COC(=O)c1cc(-c2cnc3ccc(NC(=S)NC4CCCC4)nc3n2)oc1C. The number of aryl methyl sites for hydroxylation is 1. The Hall–Kier alpha value is -3.07. The Balaban J connectivity index is 1.56. The lowest BCUT2D eigenvalue weighted by molar-refractivity contribution is 0.0599. The van der Waals surface area contributed by atoms with Gasteiger partial charge >= 0.3 is 5.97 Å². The quantitative estimate of drug-likeness (QED) is 0.492. The van der Waals surface area contributed by atoms with Crippen molar-refractivity contribution in [3.8, 4) is 11.5 Å². The Kier molecular flexibility index (Phi) is 5.39. The first kappa shape index (κ1) is 19.3. The number of furan rings is 1. The van der Waals surface area contributed by atoms with Crippen molar-refractivity contribution in [2.24, 2.45) is 0 Å². The summed E-state index contributed by atoms with van der Waals surface area (Å²) in [6.45, 7) is 1.70. The molecule has 29 heavy (non-hydrogen) atoms. The van der Waals surface area contributed by atoms with Crippen molar-refractivity contribution in [2.75, 3.05) is 12.4 Å². The summed E-state index contributed by atoms with van der Waals surface area (Å²) in [7, 11) is 1.33. The standard InChI is InChI=1S/C20H21N5O3S/c1-11-13(19(26)27-2)9-16(28-11)15-10-21-14-7-8-17(24-18(14)23-15)25-20(29)22-12-5-3-4-6-12/h7-10,12H,3-6H2,1-2H3,(H2,22,23,24,25,29). The Morgan fingerprint density at radius 3 is 2.83 bits per heavy atom. The van der Waals surface area contributed by atoms with Crippen LogP contribution in [0.2, 0.25) is 0 Å². The van der Waals surface area contributed by atoms with Gasteiger partial charge in [-0.15, -0.1) is 0 Å². The molecule has 3 aromatic heterocycles. The molecule has 1 fully saturated rings. The first-order valence-electron chi connectivity index (χ1n) is 9.44. The normalized spacial score (nSPS) is 14.1. The van der Waals surface area contributed by atoms with Crippen molar-refractivity contribution in [1.82, 2.24) is 20.3 Å². The van der Waals surface area contributed by atoms with Crippen LogP contribution in [-0.4, -0.2) is 39.2 Å². The summed E-state index contributed by atoms with van der Waals surface area (Å²) < 4.78 is 10.4. The number of thiocarbonyl (C=S) groups is 1. The molecule has 150 valence electrons. The Bertz CT molecular complexity index is 1080. The number of ether oxygens (including phenoxy) is 1. The number of hydrogen-bond acceptors (Lipinski definition) is 7. The fraction of sp³-hybridized carbons (Fsp3) is 0.350. The van der Waals surface area contributed by atoms with E-state index >= 15 is 0 Å². The van der Waals surface area contributed by atoms with Crippen molar-refractivity contribution in [1.29, 1.82) is 0 Å². The van der Waals surface area contributed by atoms with Crippen LogP contribution in [0, 0.1) is 6.92 Å². The Morgan fingerprint density at radius 2 is 2.07 bits per heavy atom. The minimum Gasteiger partial charge on any atom is -0.465 e. The number of carbonyl (C=O) groups is 1. The summed E-state index contributed by atoms with van der Waals surface area (Å²) in [5.41, 5.74) is 1.93. The molecular weight excluding hydrogens is 390 g/mol. The summed E-state index contributed by atoms with van der Waals surface area (Å²) >= 11 is 5.39. The first-order chi connectivity index (χ1) is 14.0. The number of hydrogen-bond donors (Lipinski definition) is 2. The maximum atomic E-state index is 11.8. The van der Waals surface area contributed by atoms with Gasteiger partial charge < -0.3 is 19.8 Å². The zero-order valence-corrected chi connectivity index (χ0v) is 17.0. The van der Waals surface area contributed by atoms with E-state index in [0.717, 1.165) is 12.8 Å². The molecule has 0 atom stereocenters. The molecular formula is C20H21N5O3S. The predicted molar refractivity (Wildman–Crippen MR) is 113 cm³/mol. The lowest BCUT2D eigenvalue weighted by Gasteiger charge is -2.15. The second kappa shape index (κ2) is 8.12. The average Bonchev–Trinajstić information content (AvgIpc) is 3.36. The van der Waals surface area contributed by atoms with Gasteiger partial charge in [0.2, 0.25) is 0 Å². The molecule has 1 aliphatic rings. The molecule has 2 N–H and O–H groups in total. The van der Waals surface area contributed by atoms with Crippen molar-refractivity contribution >= 4 is 40.3 Å². The molecule has 0 unspecified atom stereocenters. The number of rotatable bonds is 4. The summed E-state index contributed by atoms with van der Waals surface area (Å²) in [5.74, 6) is 1.01. The molecule has 8 nitrogen and oxygen atoms in total. The van der Waals surface area contributed by atoms with Crippen molar-refractivity contribution < 1.29 is 13.9 Å². The topological polar surface area (TPSA) is 102 Å². The van der Waals surface area contributed by atoms with Crippen LogP contribution in [0.1, 0.15) is 41.8 Å². The highest BCUT2D eigenvalue weighted by Gasteiger charge is 2.18. The minimum absolute atomic E-state index is 0.358. The summed E-state index contributed by atoms with van der Waals surface area (Å²) in [6, 6.07) is 5.66. The van der Waals surface area contributed by atoms with E-state index in [2.05, 4.69) is 25.6 Å². The van der Waals surface area contributed by atoms with Crippen molar-refractivity contribution in [3.63, 3.8) is 0 Å². The van der Waals surface area contributed by atoms with E-state index in [-0.39, 0.29) is 0 Å². The smallest absolute Gasteiger partial charge is 0.341 e. The van der Waals surface area contributed by atoms with Gasteiger partial charge in [-0.1, -0.05) is 12.8 Å². The highest BCUT2D eigenvalue weighted by molar-refractivity contribution is 7.80. The summed E-state index contributed by atoms with van der Waals surface area (Å²) in [5, 5.41) is 6.99. The van der Waals surface area contributed by atoms with Gasteiger partial charge in [0.1, 0.15) is 28.4 Å². The van der Waals surface area contributed by atoms with Crippen LogP contribution in [0.25, 0.3) is 22.6 Å². The zero-order valence-electron chi connectivity index (χ0n) is 16.2. The third-order valence-corrected chi connectivity index (χ3v) is 5.13. The summed E-state index contributed by atoms with van der Waals surface area (Å²) in [4.78, 5) is 25.2. The van der Waals surface area contributed by atoms with Crippen LogP contribution in [0.4, 0.5) is 5.82 Å². The highest BCUT2D eigenvalue weighted by Crippen LogP contribution is 2.25.